The maximum absolute atomic E-state index is 3.70. The monoisotopic (exact) mass is 237 g/mol. The van der Waals surface area contributed by atoms with Gasteiger partial charge in [-0.1, -0.05) is 45.4 Å². The Hall–Kier alpha value is -0.0400. The summed E-state index contributed by atoms with van der Waals surface area (Å²) in [4.78, 5) is 0. The number of nitrogens with one attached hydrogen (secondary N) is 1. The Bertz CT molecular complexity index is 196. The highest BCUT2D eigenvalue weighted by molar-refractivity contribution is 4.72. The van der Waals surface area contributed by atoms with Crippen LogP contribution in [-0.2, 0) is 0 Å². The molecule has 2 saturated carbocycles. The Morgan fingerprint density at radius 3 is 2.47 bits per heavy atom. The molecule has 1 N–H and O–H groups in total. The van der Waals surface area contributed by atoms with Gasteiger partial charge in [-0.15, -0.1) is 0 Å². The summed E-state index contributed by atoms with van der Waals surface area (Å²) >= 11 is 0. The van der Waals surface area contributed by atoms with Crippen molar-refractivity contribution in [1.29, 1.82) is 0 Å². The molecule has 0 heterocycles. The molecule has 0 bridgehead atoms. The van der Waals surface area contributed by atoms with E-state index in [9.17, 15) is 0 Å². The number of hydrogen-bond donors (Lipinski definition) is 1. The first-order chi connectivity index (χ1) is 8.34. The van der Waals surface area contributed by atoms with E-state index >= 15 is 0 Å². The van der Waals surface area contributed by atoms with Gasteiger partial charge in [0, 0.05) is 0 Å². The Labute approximate surface area is 108 Å². The predicted octanol–water partition coefficient (Wildman–Crippen LogP) is 4.37. The van der Waals surface area contributed by atoms with Crippen molar-refractivity contribution in [1.82, 2.24) is 5.32 Å². The van der Waals surface area contributed by atoms with Gasteiger partial charge < -0.3 is 5.32 Å². The predicted molar refractivity (Wildman–Crippen MR) is 75.2 cm³/mol. The molecule has 0 amide bonds. The van der Waals surface area contributed by atoms with Crippen LogP contribution in [0.4, 0.5) is 0 Å². The molecular formula is C16H31N. The van der Waals surface area contributed by atoms with Crippen LogP contribution in [0.2, 0.25) is 0 Å². The normalized spacial score (nSPS) is 30.9. The second-order valence-corrected chi connectivity index (χ2v) is 6.63. The molecular weight excluding hydrogens is 206 g/mol. The van der Waals surface area contributed by atoms with Crippen molar-refractivity contribution >= 4 is 0 Å². The third kappa shape index (κ3) is 4.99. The molecule has 2 aliphatic carbocycles. The van der Waals surface area contributed by atoms with Gasteiger partial charge in [-0.25, -0.2) is 0 Å². The van der Waals surface area contributed by atoms with Crippen LogP contribution >= 0.6 is 0 Å². The molecule has 0 aromatic rings. The van der Waals surface area contributed by atoms with E-state index < -0.39 is 0 Å². The van der Waals surface area contributed by atoms with Crippen LogP contribution < -0.4 is 5.32 Å². The van der Waals surface area contributed by atoms with E-state index in [0.717, 1.165) is 17.8 Å². The van der Waals surface area contributed by atoms with Gasteiger partial charge in [0.2, 0.25) is 0 Å². The lowest BCUT2D eigenvalue weighted by atomic mass is 9.82. The summed E-state index contributed by atoms with van der Waals surface area (Å²) in [6.45, 7) is 4.97. The fourth-order valence-electron chi connectivity index (χ4n) is 3.87. The van der Waals surface area contributed by atoms with Crippen LogP contribution in [0.15, 0.2) is 0 Å². The quantitative estimate of drug-likeness (QED) is 0.676. The van der Waals surface area contributed by atoms with Crippen LogP contribution in [0.25, 0.3) is 0 Å². The highest BCUT2D eigenvalue weighted by Gasteiger charge is 2.18. The standard InChI is InChI=1S/C16H31N/c1-14-6-4-9-16(12-14)13-17-11-5-10-15-7-2-3-8-15/h14-17H,2-13H2,1H3. The average molecular weight is 237 g/mol. The summed E-state index contributed by atoms with van der Waals surface area (Å²) in [6, 6.07) is 0. The Morgan fingerprint density at radius 2 is 1.71 bits per heavy atom. The summed E-state index contributed by atoms with van der Waals surface area (Å²) < 4.78 is 0. The highest BCUT2D eigenvalue weighted by atomic mass is 14.9. The lowest BCUT2D eigenvalue weighted by Gasteiger charge is -2.26. The van der Waals surface area contributed by atoms with Gasteiger partial charge in [0.25, 0.3) is 0 Å². The molecule has 2 unspecified atom stereocenters. The van der Waals surface area contributed by atoms with Crippen LogP contribution in [-0.4, -0.2) is 13.1 Å². The zero-order chi connectivity index (χ0) is 11.9. The zero-order valence-electron chi connectivity index (χ0n) is 11.7. The Morgan fingerprint density at radius 1 is 0.941 bits per heavy atom. The van der Waals surface area contributed by atoms with E-state index in [0.29, 0.717) is 0 Å². The molecule has 0 aromatic carbocycles. The second-order valence-electron chi connectivity index (χ2n) is 6.63. The Balaban J connectivity index is 1.45. The maximum atomic E-state index is 3.70. The highest BCUT2D eigenvalue weighted by Crippen LogP contribution is 2.29. The molecule has 0 aliphatic heterocycles. The Kier molecular flexibility index (Phi) is 5.84. The van der Waals surface area contributed by atoms with Crippen LogP contribution in [0.3, 0.4) is 0 Å². The molecule has 100 valence electrons. The van der Waals surface area contributed by atoms with Gasteiger partial charge in [0.05, 0.1) is 0 Å². The van der Waals surface area contributed by atoms with Crippen molar-refractivity contribution in [2.75, 3.05) is 13.1 Å². The van der Waals surface area contributed by atoms with Gasteiger partial charge >= 0.3 is 0 Å². The number of hydrogen-bond acceptors (Lipinski definition) is 1. The van der Waals surface area contributed by atoms with E-state index in [4.69, 9.17) is 0 Å². The van der Waals surface area contributed by atoms with E-state index in [1.54, 1.807) is 0 Å². The summed E-state index contributed by atoms with van der Waals surface area (Å²) in [5.41, 5.74) is 0. The van der Waals surface area contributed by atoms with Gasteiger partial charge in [-0.3, -0.25) is 0 Å². The lowest BCUT2D eigenvalue weighted by Crippen LogP contribution is -2.27. The third-order valence-electron chi connectivity index (χ3n) is 4.92. The summed E-state index contributed by atoms with van der Waals surface area (Å²) in [5.74, 6) is 3.03. The van der Waals surface area contributed by atoms with Gasteiger partial charge in [-0.05, 0) is 56.5 Å². The first-order valence-corrected chi connectivity index (χ1v) is 8.05. The minimum absolute atomic E-state index is 0.977. The molecule has 2 atom stereocenters. The molecule has 2 aliphatic rings. The molecule has 0 spiro atoms. The maximum Gasteiger partial charge on any atom is -0.00204 e. The zero-order valence-corrected chi connectivity index (χ0v) is 11.7. The smallest absolute Gasteiger partial charge is 0.00204 e. The SMILES string of the molecule is CC1CCCC(CNCCCC2CCCC2)C1. The van der Waals surface area contributed by atoms with Crippen molar-refractivity contribution in [3.05, 3.63) is 0 Å². The summed E-state index contributed by atoms with van der Waals surface area (Å²) in [7, 11) is 0. The molecule has 0 radical (unpaired) electrons. The van der Waals surface area contributed by atoms with Crippen LogP contribution in [0.5, 0.6) is 0 Å². The van der Waals surface area contributed by atoms with Crippen LogP contribution in [0, 0.1) is 17.8 Å². The minimum atomic E-state index is 0.977. The molecule has 2 rings (SSSR count). The van der Waals surface area contributed by atoms with Crippen molar-refractivity contribution in [2.24, 2.45) is 17.8 Å². The van der Waals surface area contributed by atoms with Gasteiger partial charge in [0.15, 0.2) is 0 Å². The van der Waals surface area contributed by atoms with Gasteiger partial charge in [-0.2, -0.15) is 0 Å². The first kappa shape index (κ1) is 13.4. The molecule has 0 aromatic heterocycles. The molecule has 17 heavy (non-hydrogen) atoms. The number of rotatable bonds is 6. The first-order valence-electron chi connectivity index (χ1n) is 8.05. The van der Waals surface area contributed by atoms with Crippen molar-refractivity contribution in [3.8, 4) is 0 Å². The van der Waals surface area contributed by atoms with Gasteiger partial charge in [0.1, 0.15) is 0 Å². The van der Waals surface area contributed by atoms with E-state index in [-0.39, 0.29) is 0 Å². The van der Waals surface area contributed by atoms with Crippen molar-refractivity contribution in [2.45, 2.75) is 71.1 Å². The molecule has 2 fully saturated rings. The topological polar surface area (TPSA) is 12.0 Å². The average Bonchev–Trinajstić information content (AvgIpc) is 2.82. The third-order valence-corrected chi connectivity index (χ3v) is 4.92. The second kappa shape index (κ2) is 7.41. The van der Waals surface area contributed by atoms with Crippen molar-refractivity contribution < 1.29 is 0 Å². The fraction of sp³-hybridized carbons (Fsp3) is 1.00. The van der Waals surface area contributed by atoms with E-state index in [1.165, 1.54) is 77.3 Å². The largest absolute Gasteiger partial charge is 0.316 e. The lowest BCUT2D eigenvalue weighted by molar-refractivity contribution is 0.273. The van der Waals surface area contributed by atoms with Crippen LogP contribution in [0.1, 0.15) is 71.1 Å². The minimum Gasteiger partial charge on any atom is -0.316 e. The fourth-order valence-corrected chi connectivity index (χ4v) is 3.87. The summed E-state index contributed by atoms with van der Waals surface area (Å²) in [5, 5.41) is 3.70. The molecule has 1 nitrogen and oxygen atoms in total. The van der Waals surface area contributed by atoms with E-state index in [1.807, 2.05) is 0 Å². The van der Waals surface area contributed by atoms with E-state index in [2.05, 4.69) is 12.2 Å². The van der Waals surface area contributed by atoms with Crippen molar-refractivity contribution in [3.63, 3.8) is 0 Å². The molecule has 0 saturated heterocycles. The molecule has 1 heteroatoms. The summed E-state index contributed by atoms with van der Waals surface area (Å²) in [6.07, 6.45) is 14.8.